The SMILES string of the molecule is O=C(NCc1ccc(OCc2ccccn2)cc1)c1cc(Cl)nc2ccccc12. The Morgan fingerprint density at radius 3 is 2.59 bits per heavy atom. The van der Waals surface area contributed by atoms with E-state index in [0.717, 1.165) is 22.4 Å². The molecule has 0 fully saturated rings. The number of ether oxygens (including phenoxy) is 1. The van der Waals surface area contributed by atoms with Crippen molar-refractivity contribution in [2.75, 3.05) is 0 Å². The second-order valence-corrected chi connectivity index (χ2v) is 6.83. The Kier molecular flexibility index (Phi) is 5.68. The molecule has 144 valence electrons. The molecule has 0 atom stereocenters. The van der Waals surface area contributed by atoms with Gasteiger partial charge in [0.2, 0.25) is 0 Å². The highest BCUT2D eigenvalue weighted by Crippen LogP contribution is 2.21. The van der Waals surface area contributed by atoms with Crippen molar-refractivity contribution in [1.29, 1.82) is 0 Å². The lowest BCUT2D eigenvalue weighted by atomic mass is 10.1. The summed E-state index contributed by atoms with van der Waals surface area (Å²) < 4.78 is 5.73. The fraction of sp³-hybridized carbons (Fsp3) is 0.0870. The Labute approximate surface area is 173 Å². The van der Waals surface area contributed by atoms with Crippen molar-refractivity contribution in [1.82, 2.24) is 15.3 Å². The van der Waals surface area contributed by atoms with Crippen molar-refractivity contribution in [3.8, 4) is 5.75 Å². The van der Waals surface area contributed by atoms with Crippen molar-refractivity contribution >= 4 is 28.4 Å². The van der Waals surface area contributed by atoms with Crippen LogP contribution in [0.1, 0.15) is 21.6 Å². The molecule has 0 aliphatic heterocycles. The zero-order valence-corrected chi connectivity index (χ0v) is 16.3. The van der Waals surface area contributed by atoms with Gasteiger partial charge in [0.05, 0.1) is 16.8 Å². The highest BCUT2D eigenvalue weighted by Gasteiger charge is 2.12. The molecule has 2 aromatic carbocycles. The predicted octanol–water partition coefficient (Wildman–Crippen LogP) is 4.79. The van der Waals surface area contributed by atoms with Crippen LogP contribution in [0, 0.1) is 0 Å². The van der Waals surface area contributed by atoms with Gasteiger partial charge in [0, 0.05) is 18.1 Å². The first-order valence-electron chi connectivity index (χ1n) is 9.14. The van der Waals surface area contributed by atoms with E-state index in [9.17, 15) is 4.79 Å². The number of fused-ring (bicyclic) bond motifs is 1. The van der Waals surface area contributed by atoms with Crippen LogP contribution in [-0.2, 0) is 13.2 Å². The summed E-state index contributed by atoms with van der Waals surface area (Å²) in [5.74, 6) is 0.554. The van der Waals surface area contributed by atoms with Crippen LogP contribution >= 0.6 is 11.6 Å². The standard InChI is InChI=1S/C23H18ClN3O2/c24-22-13-20(19-6-1-2-7-21(19)27-22)23(28)26-14-16-8-10-18(11-9-16)29-15-17-5-3-4-12-25-17/h1-13H,14-15H2,(H,26,28). The molecular formula is C23H18ClN3O2. The minimum absolute atomic E-state index is 0.194. The molecule has 0 saturated heterocycles. The first-order valence-corrected chi connectivity index (χ1v) is 9.52. The number of halogens is 1. The van der Waals surface area contributed by atoms with Gasteiger partial charge in [-0.2, -0.15) is 0 Å². The summed E-state index contributed by atoms with van der Waals surface area (Å²) in [6.45, 7) is 0.806. The minimum Gasteiger partial charge on any atom is -0.487 e. The lowest BCUT2D eigenvalue weighted by Crippen LogP contribution is -2.23. The third-order valence-corrected chi connectivity index (χ3v) is 4.61. The Morgan fingerprint density at radius 1 is 1.00 bits per heavy atom. The van der Waals surface area contributed by atoms with Crippen molar-refractivity contribution in [2.45, 2.75) is 13.2 Å². The van der Waals surface area contributed by atoms with Crippen LogP contribution in [0.3, 0.4) is 0 Å². The van der Waals surface area contributed by atoms with E-state index in [1.807, 2.05) is 66.7 Å². The third-order valence-electron chi connectivity index (χ3n) is 4.42. The topological polar surface area (TPSA) is 64.1 Å². The quantitative estimate of drug-likeness (QED) is 0.470. The molecule has 29 heavy (non-hydrogen) atoms. The number of benzene rings is 2. The largest absolute Gasteiger partial charge is 0.487 e. The molecule has 0 aliphatic carbocycles. The van der Waals surface area contributed by atoms with Crippen LogP contribution in [0.2, 0.25) is 5.15 Å². The van der Waals surface area contributed by atoms with Gasteiger partial charge in [0.1, 0.15) is 17.5 Å². The van der Waals surface area contributed by atoms with E-state index < -0.39 is 0 Å². The lowest BCUT2D eigenvalue weighted by Gasteiger charge is -2.10. The normalized spacial score (nSPS) is 10.7. The number of rotatable bonds is 6. The fourth-order valence-electron chi connectivity index (χ4n) is 2.95. The summed E-state index contributed by atoms with van der Waals surface area (Å²) in [5.41, 5.74) is 3.04. The number of pyridine rings is 2. The van der Waals surface area contributed by atoms with Gasteiger partial charge in [0.15, 0.2) is 0 Å². The van der Waals surface area contributed by atoms with Crippen LogP contribution in [0.25, 0.3) is 10.9 Å². The van der Waals surface area contributed by atoms with Gasteiger partial charge in [-0.15, -0.1) is 0 Å². The Hall–Kier alpha value is -3.44. The van der Waals surface area contributed by atoms with E-state index in [2.05, 4.69) is 15.3 Å². The number of carbonyl (C=O) groups is 1. The molecule has 0 spiro atoms. The number of aromatic nitrogens is 2. The molecule has 2 heterocycles. The molecule has 0 unspecified atom stereocenters. The smallest absolute Gasteiger partial charge is 0.252 e. The summed E-state index contributed by atoms with van der Waals surface area (Å²) in [5, 5.41) is 4.00. The Morgan fingerprint density at radius 2 is 1.79 bits per heavy atom. The fourth-order valence-corrected chi connectivity index (χ4v) is 3.15. The number of amides is 1. The van der Waals surface area contributed by atoms with Gasteiger partial charge in [-0.25, -0.2) is 4.98 Å². The predicted molar refractivity (Wildman–Crippen MR) is 113 cm³/mol. The highest BCUT2D eigenvalue weighted by molar-refractivity contribution is 6.30. The number of nitrogens with one attached hydrogen (secondary N) is 1. The number of para-hydroxylation sites is 1. The average Bonchev–Trinajstić information content (AvgIpc) is 2.77. The second-order valence-electron chi connectivity index (χ2n) is 6.45. The van der Waals surface area contributed by atoms with Crippen LogP contribution in [0.5, 0.6) is 5.75 Å². The molecule has 4 aromatic rings. The van der Waals surface area contributed by atoms with Crippen molar-refractivity contribution < 1.29 is 9.53 Å². The average molecular weight is 404 g/mol. The van der Waals surface area contributed by atoms with Gasteiger partial charge in [-0.05, 0) is 42.0 Å². The first kappa shape index (κ1) is 18.9. The van der Waals surface area contributed by atoms with Gasteiger partial charge in [-0.3, -0.25) is 9.78 Å². The molecule has 0 saturated carbocycles. The zero-order valence-electron chi connectivity index (χ0n) is 15.5. The maximum Gasteiger partial charge on any atom is 0.252 e. The Balaban J connectivity index is 1.38. The van der Waals surface area contributed by atoms with Crippen LogP contribution < -0.4 is 10.1 Å². The summed E-state index contributed by atoms with van der Waals surface area (Å²) in [6.07, 6.45) is 1.74. The van der Waals surface area contributed by atoms with E-state index in [1.165, 1.54) is 0 Å². The molecule has 1 N–H and O–H groups in total. The number of hydrogen-bond donors (Lipinski definition) is 1. The lowest BCUT2D eigenvalue weighted by molar-refractivity contribution is 0.0952. The van der Waals surface area contributed by atoms with E-state index in [-0.39, 0.29) is 5.91 Å². The molecule has 6 heteroatoms. The summed E-state index contributed by atoms with van der Waals surface area (Å²) >= 11 is 6.07. The van der Waals surface area contributed by atoms with Crippen LogP contribution in [-0.4, -0.2) is 15.9 Å². The minimum atomic E-state index is -0.194. The van der Waals surface area contributed by atoms with E-state index >= 15 is 0 Å². The molecule has 0 aliphatic rings. The molecule has 1 amide bonds. The number of nitrogens with zero attached hydrogens (tertiary/aromatic N) is 2. The Bertz CT molecular complexity index is 1130. The molecule has 2 aromatic heterocycles. The van der Waals surface area contributed by atoms with E-state index in [4.69, 9.17) is 16.3 Å². The van der Waals surface area contributed by atoms with E-state index in [0.29, 0.717) is 29.4 Å². The number of carbonyl (C=O) groups excluding carboxylic acids is 1. The van der Waals surface area contributed by atoms with Gasteiger partial charge in [0.25, 0.3) is 5.91 Å². The summed E-state index contributed by atoms with van der Waals surface area (Å²) in [7, 11) is 0. The molecule has 5 nitrogen and oxygen atoms in total. The van der Waals surface area contributed by atoms with Crippen LogP contribution in [0.15, 0.2) is 79.0 Å². The van der Waals surface area contributed by atoms with Crippen molar-refractivity contribution in [2.24, 2.45) is 0 Å². The van der Waals surface area contributed by atoms with Gasteiger partial charge < -0.3 is 10.1 Å². The molecule has 0 radical (unpaired) electrons. The van der Waals surface area contributed by atoms with Crippen molar-refractivity contribution in [3.63, 3.8) is 0 Å². The molecular weight excluding hydrogens is 386 g/mol. The highest BCUT2D eigenvalue weighted by atomic mass is 35.5. The van der Waals surface area contributed by atoms with Crippen molar-refractivity contribution in [3.05, 3.63) is 101 Å². The van der Waals surface area contributed by atoms with Gasteiger partial charge >= 0.3 is 0 Å². The maximum absolute atomic E-state index is 12.7. The first-order chi connectivity index (χ1) is 14.2. The van der Waals surface area contributed by atoms with Gasteiger partial charge in [-0.1, -0.05) is 48.0 Å². The van der Waals surface area contributed by atoms with Crippen LogP contribution in [0.4, 0.5) is 0 Å². The maximum atomic E-state index is 12.7. The zero-order chi connectivity index (χ0) is 20.1. The number of hydrogen-bond acceptors (Lipinski definition) is 4. The molecule has 4 rings (SSSR count). The summed E-state index contributed by atoms with van der Waals surface area (Å²) in [6, 6.07) is 22.3. The second kappa shape index (κ2) is 8.71. The third kappa shape index (κ3) is 4.70. The summed E-state index contributed by atoms with van der Waals surface area (Å²) in [4.78, 5) is 21.2. The monoisotopic (exact) mass is 403 g/mol. The van der Waals surface area contributed by atoms with E-state index in [1.54, 1.807) is 12.3 Å². The molecule has 0 bridgehead atoms.